The van der Waals surface area contributed by atoms with Crippen molar-refractivity contribution in [1.29, 1.82) is 0 Å². The van der Waals surface area contributed by atoms with Gasteiger partial charge in [0, 0.05) is 12.6 Å². The largest absolute Gasteiger partial charge is 0.478 e. The van der Waals surface area contributed by atoms with Crippen LogP contribution in [0.25, 0.3) is 0 Å². The maximum atomic E-state index is 11.0. The van der Waals surface area contributed by atoms with Crippen LogP contribution in [0, 0.1) is 10.1 Å². The van der Waals surface area contributed by atoms with Gasteiger partial charge in [-0.15, -0.1) is 0 Å². The van der Waals surface area contributed by atoms with E-state index in [9.17, 15) is 14.9 Å². The van der Waals surface area contributed by atoms with E-state index in [4.69, 9.17) is 16.7 Å². The van der Waals surface area contributed by atoms with Crippen molar-refractivity contribution < 1.29 is 14.8 Å². The molecule has 0 radical (unpaired) electrons. The molecule has 6 nitrogen and oxygen atoms in total. The highest BCUT2D eigenvalue weighted by Gasteiger charge is 2.22. The summed E-state index contributed by atoms with van der Waals surface area (Å²) in [5, 5.41) is 20.0. The Morgan fingerprint density at radius 1 is 1.40 bits per heavy atom. The number of rotatable bonds is 7. The molecule has 0 fully saturated rings. The van der Waals surface area contributed by atoms with Gasteiger partial charge in [0.2, 0.25) is 0 Å². The van der Waals surface area contributed by atoms with Gasteiger partial charge in [0.05, 0.1) is 21.1 Å². The van der Waals surface area contributed by atoms with E-state index in [1.165, 1.54) is 12.1 Å². The highest BCUT2D eigenvalue weighted by molar-refractivity contribution is 6.34. The first-order valence-electron chi connectivity index (χ1n) is 6.33. The number of nitro benzene ring substituents is 1. The van der Waals surface area contributed by atoms with Crippen LogP contribution in [0.1, 0.15) is 29.8 Å². The van der Waals surface area contributed by atoms with Gasteiger partial charge in [-0.2, -0.15) is 0 Å². The summed E-state index contributed by atoms with van der Waals surface area (Å²) in [6, 6.07) is 2.37. The summed E-state index contributed by atoms with van der Waals surface area (Å²) < 4.78 is 0. The van der Waals surface area contributed by atoms with Crippen molar-refractivity contribution in [3.8, 4) is 0 Å². The SMILES string of the molecule is CCN(CC)CCc1c([N+](=O)[O-])ccc(C(=O)O)c1Cl. The molecule has 0 heterocycles. The number of nitrogens with zero attached hydrogens (tertiary/aromatic N) is 2. The Balaban J connectivity index is 3.15. The molecule has 7 heteroatoms. The Kier molecular flexibility index (Phi) is 5.91. The van der Waals surface area contributed by atoms with Gasteiger partial charge >= 0.3 is 5.97 Å². The standard InChI is InChI=1S/C13H17ClN2O4/c1-3-15(4-2)8-7-9-11(16(19)20)6-5-10(12(9)14)13(17)18/h5-6H,3-4,7-8H2,1-2H3,(H,17,18). The molecule has 1 rings (SSSR count). The van der Waals surface area contributed by atoms with Gasteiger partial charge in [0.1, 0.15) is 0 Å². The van der Waals surface area contributed by atoms with Crippen LogP contribution in [0.2, 0.25) is 5.02 Å². The van der Waals surface area contributed by atoms with Crippen LogP contribution in [-0.4, -0.2) is 40.5 Å². The zero-order valence-electron chi connectivity index (χ0n) is 11.4. The third-order valence-electron chi connectivity index (χ3n) is 3.22. The van der Waals surface area contributed by atoms with E-state index in [1.807, 2.05) is 13.8 Å². The summed E-state index contributed by atoms with van der Waals surface area (Å²) in [4.78, 5) is 23.6. The quantitative estimate of drug-likeness (QED) is 0.618. The highest BCUT2D eigenvalue weighted by atomic mass is 35.5. The van der Waals surface area contributed by atoms with Crippen molar-refractivity contribution in [3.63, 3.8) is 0 Å². The molecular weight excluding hydrogens is 284 g/mol. The van der Waals surface area contributed by atoms with Gasteiger partial charge in [0.25, 0.3) is 5.69 Å². The molecule has 0 aliphatic carbocycles. The fourth-order valence-corrected chi connectivity index (χ4v) is 2.33. The van der Waals surface area contributed by atoms with Crippen LogP contribution in [0.3, 0.4) is 0 Å². The van der Waals surface area contributed by atoms with E-state index in [1.54, 1.807) is 0 Å². The molecule has 0 spiro atoms. The number of halogens is 1. The van der Waals surface area contributed by atoms with Gasteiger partial charge < -0.3 is 10.0 Å². The van der Waals surface area contributed by atoms with Crippen molar-refractivity contribution in [2.75, 3.05) is 19.6 Å². The van der Waals surface area contributed by atoms with E-state index in [-0.39, 0.29) is 21.8 Å². The first-order valence-corrected chi connectivity index (χ1v) is 6.71. The minimum absolute atomic E-state index is 0.0427. The molecule has 0 unspecified atom stereocenters. The molecule has 1 aromatic carbocycles. The number of carboxylic acids is 1. The number of likely N-dealkylation sites (N-methyl/N-ethyl adjacent to an activating group) is 1. The maximum Gasteiger partial charge on any atom is 0.337 e. The summed E-state index contributed by atoms with van der Waals surface area (Å²) >= 11 is 6.02. The second-order valence-corrected chi connectivity index (χ2v) is 4.64. The lowest BCUT2D eigenvalue weighted by Gasteiger charge is -2.18. The number of aromatic carboxylic acids is 1. The molecule has 0 atom stereocenters. The van der Waals surface area contributed by atoms with Crippen LogP contribution in [0.5, 0.6) is 0 Å². The molecule has 20 heavy (non-hydrogen) atoms. The van der Waals surface area contributed by atoms with E-state index in [0.717, 1.165) is 13.1 Å². The molecule has 0 aromatic heterocycles. The molecule has 0 saturated heterocycles. The van der Waals surface area contributed by atoms with Crippen molar-refractivity contribution in [1.82, 2.24) is 4.90 Å². The Labute approximate surface area is 122 Å². The minimum atomic E-state index is -1.19. The third-order valence-corrected chi connectivity index (χ3v) is 3.65. The molecular formula is C13H17ClN2O4. The van der Waals surface area contributed by atoms with Gasteiger partial charge in [0.15, 0.2) is 0 Å². The monoisotopic (exact) mass is 300 g/mol. The van der Waals surface area contributed by atoms with Crippen molar-refractivity contribution in [2.24, 2.45) is 0 Å². The molecule has 1 aromatic rings. The Morgan fingerprint density at radius 3 is 2.45 bits per heavy atom. The molecule has 1 N–H and O–H groups in total. The number of carbonyl (C=O) groups is 1. The average molecular weight is 301 g/mol. The summed E-state index contributed by atoms with van der Waals surface area (Å²) in [7, 11) is 0. The Hall–Kier alpha value is -1.66. The van der Waals surface area contributed by atoms with Crippen molar-refractivity contribution in [2.45, 2.75) is 20.3 Å². The predicted octanol–water partition coefficient (Wildman–Crippen LogP) is 2.83. The van der Waals surface area contributed by atoms with Crippen LogP contribution in [0.15, 0.2) is 12.1 Å². The fraction of sp³-hybridized carbons (Fsp3) is 0.462. The normalized spacial score (nSPS) is 10.8. The van der Waals surface area contributed by atoms with Gasteiger partial charge in [-0.1, -0.05) is 25.4 Å². The average Bonchev–Trinajstić information content (AvgIpc) is 2.40. The zero-order chi connectivity index (χ0) is 15.3. The van der Waals surface area contributed by atoms with Gasteiger partial charge in [-0.3, -0.25) is 10.1 Å². The summed E-state index contributed by atoms with van der Waals surface area (Å²) in [6.07, 6.45) is 0.345. The first-order chi connectivity index (χ1) is 9.42. The minimum Gasteiger partial charge on any atom is -0.478 e. The van der Waals surface area contributed by atoms with Crippen LogP contribution in [0.4, 0.5) is 5.69 Å². The van der Waals surface area contributed by atoms with Crippen LogP contribution in [-0.2, 0) is 6.42 Å². The lowest BCUT2D eigenvalue weighted by Crippen LogP contribution is -2.25. The fourth-order valence-electron chi connectivity index (χ4n) is 1.99. The van der Waals surface area contributed by atoms with E-state index in [2.05, 4.69) is 4.90 Å². The molecule has 0 saturated carbocycles. The van der Waals surface area contributed by atoms with E-state index < -0.39 is 10.9 Å². The van der Waals surface area contributed by atoms with Crippen molar-refractivity contribution >= 4 is 23.3 Å². The highest BCUT2D eigenvalue weighted by Crippen LogP contribution is 2.30. The zero-order valence-corrected chi connectivity index (χ0v) is 12.2. The number of hydrogen-bond acceptors (Lipinski definition) is 4. The lowest BCUT2D eigenvalue weighted by molar-refractivity contribution is -0.385. The number of nitro groups is 1. The summed E-state index contributed by atoms with van der Waals surface area (Å²) in [5.74, 6) is -1.19. The Morgan fingerprint density at radius 2 is 2.00 bits per heavy atom. The topological polar surface area (TPSA) is 83.7 Å². The molecule has 110 valence electrons. The Bertz CT molecular complexity index is 515. The van der Waals surface area contributed by atoms with Gasteiger partial charge in [-0.25, -0.2) is 4.79 Å². The van der Waals surface area contributed by atoms with Crippen molar-refractivity contribution in [3.05, 3.63) is 38.4 Å². The molecule has 0 bridgehead atoms. The third kappa shape index (κ3) is 3.68. The first kappa shape index (κ1) is 16.4. The molecule has 0 aliphatic heterocycles. The summed E-state index contributed by atoms with van der Waals surface area (Å²) in [6.45, 7) is 6.22. The van der Waals surface area contributed by atoms with E-state index >= 15 is 0 Å². The molecule has 0 aliphatic rings. The number of benzene rings is 1. The second-order valence-electron chi connectivity index (χ2n) is 4.26. The summed E-state index contributed by atoms with van der Waals surface area (Å²) in [5.41, 5.74) is 0.0439. The van der Waals surface area contributed by atoms with E-state index in [0.29, 0.717) is 13.0 Å². The second kappa shape index (κ2) is 7.21. The van der Waals surface area contributed by atoms with Crippen LogP contribution >= 0.6 is 11.6 Å². The lowest BCUT2D eigenvalue weighted by atomic mass is 10.0. The molecule has 0 amide bonds. The van der Waals surface area contributed by atoms with Crippen LogP contribution < -0.4 is 0 Å². The predicted molar refractivity (Wildman–Crippen MR) is 76.6 cm³/mol. The smallest absolute Gasteiger partial charge is 0.337 e. The van der Waals surface area contributed by atoms with Gasteiger partial charge in [-0.05, 0) is 25.6 Å². The maximum absolute atomic E-state index is 11.0. The number of carboxylic acid groups (broad SMARTS) is 1. The number of hydrogen-bond donors (Lipinski definition) is 1.